The lowest BCUT2D eigenvalue weighted by Gasteiger charge is -2.13. The van der Waals surface area contributed by atoms with Crippen molar-refractivity contribution >= 4 is 17.9 Å². The van der Waals surface area contributed by atoms with Gasteiger partial charge in [-0.05, 0) is 13.8 Å². The Hall–Kier alpha value is -4.03. The number of ether oxygens (including phenoxy) is 2. The second-order valence-electron chi connectivity index (χ2n) is 8.03. The van der Waals surface area contributed by atoms with E-state index in [9.17, 15) is 18.4 Å². The maximum absolute atomic E-state index is 13.8. The lowest BCUT2D eigenvalue weighted by atomic mass is 10.3. The minimum absolute atomic E-state index is 0.00724. The van der Waals surface area contributed by atoms with E-state index in [4.69, 9.17) is 16.3 Å². The number of pyridine rings is 2. The van der Waals surface area contributed by atoms with Crippen LogP contribution in [0.15, 0.2) is 41.6 Å². The second kappa shape index (κ2) is 20.8. The van der Waals surface area contributed by atoms with E-state index in [1.54, 1.807) is 40.3 Å². The Morgan fingerprint density at radius 2 is 1.65 bits per heavy atom. The molecule has 13 heteroatoms. The molecule has 0 bridgehead atoms. The predicted octanol–water partition coefficient (Wildman–Crippen LogP) is 6.88. The van der Waals surface area contributed by atoms with Crippen molar-refractivity contribution < 1.29 is 23.0 Å². The third kappa shape index (κ3) is 11.3. The summed E-state index contributed by atoms with van der Waals surface area (Å²) in [5.41, 5.74) is 0.673. The lowest BCUT2D eigenvalue weighted by molar-refractivity contribution is 0.111. The van der Waals surface area contributed by atoms with E-state index in [0.717, 1.165) is 6.20 Å². The Morgan fingerprint density at radius 3 is 2.21 bits per heavy atom. The number of rotatable bonds is 6. The molecule has 0 aromatic carbocycles. The molecule has 236 valence electrons. The van der Waals surface area contributed by atoms with E-state index in [-0.39, 0.29) is 28.9 Å². The average molecular weight is 623 g/mol. The van der Waals surface area contributed by atoms with Crippen molar-refractivity contribution in [2.75, 3.05) is 14.2 Å². The van der Waals surface area contributed by atoms with Gasteiger partial charge in [0.1, 0.15) is 28.9 Å². The van der Waals surface area contributed by atoms with Crippen LogP contribution in [-0.4, -0.2) is 49.8 Å². The van der Waals surface area contributed by atoms with Gasteiger partial charge in [-0.25, -0.2) is 23.4 Å². The van der Waals surface area contributed by atoms with Crippen molar-refractivity contribution in [3.63, 3.8) is 0 Å². The summed E-state index contributed by atoms with van der Waals surface area (Å²) >= 11 is 6.25. The third-order valence-electron chi connectivity index (χ3n) is 4.66. The Bertz CT molecular complexity index is 1480. The van der Waals surface area contributed by atoms with Crippen molar-refractivity contribution in [3.05, 3.63) is 86.7 Å². The van der Waals surface area contributed by atoms with Crippen molar-refractivity contribution in [2.45, 2.75) is 68.4 Å². The molecule has 0 aliphatic heterocycles. The van der Waals surface area contributed by atoms with Crippen LogP contribution in [0.3, 0.4) is 0 Å². The van der Waals surface area contributed by atoms with Crippen LogP contribution in [0.2, 0.25) is 5.02 Å². The van der Waals surface area contributed by atoms with Crippen molar-refractivity contribution in [1.82, 2.24) is 29.3 Å². The van der Waals surface area contributed by atoms with E-state index >= 15 is 0 Å². The third-order valence-corrected chi connectivity index (χ3v) is 5.01. The first-order chi connectivity index (χ1) is 20.6. The van der Waals surface area contributed by atoms with Crippen LogP contribution in [0.1, 0.15) is 75.7 Å². The van der Waals surface area contributed by atoms with E-state index in [1.165, 1.54) is 27.9 Å². The van der Waals surface area contributed by atoms with Crippen molar-refractivity contribution in [1.29, 1.82) is 0 Å². The van der Waals surface area contributed by atoms with Gasteiger partial charge in [0.25, 0.3) is 5.56 Å². The van der Waals surface area contributed by atoms with Gasteiger partial charge >= 0.3 is 0 Å². The summed E-state index contributed by atoms with van der Waals surface area (Å²) in [6, 6.07) is 3.76. The zero-order valence-corrected chi connectivity index (χ0v) is 27.2. The molecule has 4 aromatic heterocycles. The van der Waals surface area contributed by atoms with Gasteiger partial charge < -0.3 is 9.47 Å². The Balaban J connectivity index is 0.00000157. The quantitative estimate of drug-likeness (QED) is 0.214. The second-order valence-corrected chi connectivity index (χ2v) is 8.40. The van der Waals surface area contributed by atoms with Crippen molar-refractivity contribution in [2.24, 2.45) is 0 Å². The normalized spacial score (nSPS) is 9.51. The van der Waals surface area contributed by atoms with Crippen LogP contribution < -0.4 is 10.3 Å². The first-order valence-electron chi connectivity index (χ1n) is 13.7. The van der Waals surface area contributed by atoms with Crippen LogP contribution >= 0.6 is 11.6 Å². The fraction of sp³-hybridized carbons (Fsp3) is 0.400. The van der Waals surface area contributed by atoms with Gasteiger partial charge in [0.15, 0.2) is 23.7 Å². The number of nitrogens with zero attached hydrogens (tertiary/aromatic N) is 6. The summed E-state index contributed by atoms with van der Waals surface area (Å²) in [4.78, 5) is 35.5. The SMILES string of the molecule is CC.CC.CCC.COC.Cc1nn(-c2ccnc(C=O)n2)cc1-n1c(C)cc(OCc2ncc(F)cc2F)c(Cl)c1=O. The Kier molecular flexibility index (Phi) is 18.8. The number of methoxy groups -OCH3 is 1. The highest BCUT2D eigenvalue weighted by Gasteiger charge is 2.18. The highest BCUT2D eigenvalue weighted by molar-refractivity contribution is 6.31. The predicted molar refractivity (Wildman–Crippen MR) is 165 cm³/mol. The van der Waals surface area contributed by atoms with Crippen molar-refractivity contribution in [3.8, 4) is 17.3 Å². The molecular formula is C30H41ClF2N6O4. The number of aldehydes is 1. The molecule has 0 saturated heterocycles. The van der Waals surface area contributed by atoms with E-state index < -0.39 is 17.2 Å². The molecule has 4 heterocycles. The maximum atomic E-state index is 13.8. The summed E-state index contributed by atoms with van der Waals surface area (Å²) in [7, 11) is 3.25. The summed E-state index contributed by atoms with van der Waals surface area (Å²) in [5.74, 6) is -1.33. The molecule has 0 amide bonds. The lowest BCUT2D eigenvalue weighted by Crippen LogP contribution is -2.22. The van der Waals surface area contributed by atoms with E-state index in [2.05, 4.69) is 38.6 Å². The summed E-state index contributed by atoms with van der Waals surface area (Å²) in [5, 5.41) is 4.12. The van der Waals surface area contributed by atoms with Gasteiger partial charge in [0.2, 0.25) is 0 Å². The monoisotopic (exact) mass is 622 g/mol. The minimum atomic E-state index is -0.873. The fourth-order valence-electron chi connectivity index (χ4n) is 3.12. The Morgan fingerprint density at radius 1 is 1.05 bits per heavy atom. The molecule has 4 aromatic rings. The molecule has 0 aliphatic rings. The first-order valence-corrected chi connectivity index (χ1v) is 14.1. The molecule has 4 rings (SSSR count). The number of halogens is 3. The number of carbonyl (C=O) groups is 1. The average Bonchev–Trinajstić information content (AvgIpc) is 3.39. The molecule has 0 unspecified atom stereocenters. The molecule has 10 nitrogen and oxygen atoms in total. The molecule has 0 aliphatic carbocycles. The van der Waals surface area contributed by atoms with E-state index in [1.807, 2.05) is 27.7 Å². The largest absolute Gasteiger partial charge is 0.485 e. The van der Waals surface area contributed by atoms with Gasteiger partial charge in [0, 0.05) is 44.3 Å². The standard InChI is InChI=1S/C21H15ClF2N6O3.C3H8.C2H6O.2C2H6/c1-11-5-17(33-10-15-14(24)6-13(23)7-26-15)20(22)21(32)30(11)16-8-29(28-12(16)2)19-3-4-25-18(9-31)27-19;2*1-3-2;2*1-2/h3-9H,10H2,1-2H3;3H2,1-2H3;1-2H3;2*1-2H3. The van der Waals surface area contributed by atoms with Crippen LogP contribution in [0.4, 0.5) is 8.78 Å². The molecule has 0 fully saturated rings. The number of aryl methyl sites for hydroxylation is 2. The summed E-state index contributed by atoms with van der Waals surface area (Å²) < 4.78 is 39.3. The van der Waals surface area contributed by atoms with Gasteiger partial charge in [-0.1, -0.05) is 59.6 Å². The fourth-order valence-corrected chi connectivity index (χ4v) is 3.31. The number of hydrogen-bond acceptors (Lipinski definition) is 8. The first kappa shape index (κ1) is 39.0. The van der Waals surface area contributed by atoms with Crippen LogP contribution in [0, 0.1) is 25.5 Å². The topological polar surface area (TPSA) is 114 Å². The highest BCUT2D eigenvalue weighted by Crippen LogP contribution is 2.25. The van der Waals surface area contributed by atoms with Gasteiger partial charge in [-0.15, -0.1) is 0 Å². The molecule has 0 radical (unpaired) electrons. The van der Waals surface area contributed by atoms with Gasteiger partial charge in [0.05, 0.1) is 23.8 Å². The maximum Gasteiger partial charge on any atom is 0.278 e. The number of hydrogen-bond donors (Lipinski definition) is 0. The molecule has 0 saturated carbocycles. The molecule has 0 atom stereocenters. The van der Waals surface area contributed by atoms with Crippen LogP contribution in [-0.2, 0) is 11.3 Å². The molecule has 0 N–H and O–H groups in total. The number of carbonyl (C=O) groups excluding carboxylic acids is 1. The zero-order chi connectivity index (χ0) is 33.1. The smallest absolute Gasteiger partial charge is 0.278 e. The number of aromatic nitrogens is 6. The molecule has 0 spiro atoms. The van der Waals surface area contributed by atoms with Gasteiger partial charge in [-0.2, -0.15) is 5.10 Å². The highest BCUT2D eigenvalue weighted by atomic mass is 35.5. The summed E-state index contributed by atoms with van der Waals surface area (Å²) in [6.07, 6.45) is 5.61. The minimum Gasteiger partial charge on any atom is -0.485 e. The summed E-state index contributed by atoms with van der Waals surface area (Å²) in [6.45, 7) is 15.3. The Labute approximate surface area is 256 Å². The molecular weight excluding hydrogens is 582 g/mol. The zero-order valence-electron chi connectivity index (χ0n) is 26.4. The van der Waals surface area contributed by atoms with Gasteiger partial charge in [-0.3, -0.25) is 19.1 Å². The molecule has 43 heavy (non-hydrogen) atoms. The van der Waals surface area contributed by atoms with Crippen LogP contribution in [0.5, 0.6) is 5.75 Å². The van der Waals surface area contributed by atoms with Crippen LogP contribution in [0.25, 0.3) is 11.5 Å². The van der Waals surface area contributed by atoms with E-state index in [0.29, 0.717) is 35.2 Å².